The Bertz CT molecular complexity index is 333. The lowest BCUT2D eigenvalue weighted by atomic mass is 10.0. The van der Waals surface area contributed by atoms with Crippen LogP contribution < -0.4 is 0 Å². The van der Waals surface area contributed by atoms with Crippen LogP contribution in [0.3, 0.4) is 0 Å². The molecule has 0 aromatic rings. The molecule has 0 aliphatic rings. The van der Waals surface area contributed by atoms with Crippen LogP contribution in [-0.2, 0) is 0 Å². The fourth-order valence-corrected chi connectivity index (χ4v) is 2.89. The minimum absolute atomic E-state index is 0.259. The molecule has 25 heavy (non-hydrogen) atoms. The first-order valence-electron chi connectivity index (χ1n) is 9.86. The van der Waals surface area contributed by atoms with E-state index >= 15 is 0 Å². The van der Waals surface area contributed by atoms with E-state index in [-0.39, 0.29) is 6.42 Å². The third-order valence-electron chi connectivity index (χ3n) is 4.63. The first kappa shape index (κ1) is 24.4. The molecule has 0 atom stereocenters. The highest BCUT2D eigenvalue weighted by atomic mass is 19.4. The number of unbranched alkanes of at least 4 members (excludes halogenated alkanes) is 13. The summed E-state index contributed by atoms with van der Waals surface area (Å²) in [6, 6.07) is 0. The predicted molar refractivity (Wildman–Crippen MR) is 95.1 cm³/mol. The van der Waals surface area contributed by atoms with Gasteiger partial charge in [0.2, 0.25) is 0 Å². The van der Waals surface area contributed by atoms with Gasteiger partial charge in [-0.2, -0.15) is 22.0 Å². The lowest BCUT2D eigenvalue weighted by Crippen LogP contribution is -2.37. The predicted octanol–water partition coefficient (Wildman–Crippen LogP) is 8.61. The molecule has 0 aromatic heterocycles. The summed E-state index contributed by atoms with van der Waals surface area (Å²) in [4.78, 5) is 0. The van der Waals surface area contributed by atoms with Crippen molar-refractivity contribution < 1.29 is 22.0 Å². The molecular weight excluding hydrogens is 335 g/mol. The van der Waals surface area contributed by atoms with Crippen molar-refractivity contribution in [3.8, 4) is 0 Å². The van der Waals surface area contributed by atoms with Crippen LogP contribution in [0.2, 0.25) is 0 Å². The van der Waals surface area contributed by atoms with Crippen LogP contribution in [0, 0.1) is 0 Å². The highest BCUT2D eigenvalue weighted by Gasteiger charge is 2.58. The van der Waals surface area contributed by atoms with Crippen LogP contribution in [0.15, 0.2) is 12.2 Å². The molecule has 150 valence electrons. The summed E-state index contributed by atoms with van der Waals surface area (Å²) in [5.41, 5.74) is -1.01. The van der Waals surface area contributed by atoms with Crippen molar-refractivity contribution in [1.29, 1.82) is 0 Å². The third kappa shape index (κ3) is 11.6. The Labute approximate surface area is 150 Å². The number of rotatable bonds is 16. The minimum Gasteiger partial charge on any atom is -0.191 e. The maximum Gasteiger partial charge on any atom is 0.457 e. The van der Waals surface area contributed by atoms with E-state index in [0.29, 0.717) is 12.8 Å². The summed E-state index contributed by atoms with van der Waals surface area (Å²) in [5, 5.41) is 0. The minimum atomic E-state index is -5.53. The zero-order valence-corrected chi connectivity index (χ0v) is 15.7. The van der Waals surface area contributed by atoms with Gasteiger partial charge in [0.15, 0.2) is 0 Å². The lowest BCUT2D eigenvalue weighted by Gasteiger charge is -2.21. The smallest absolute Gasteiger partial charge is 0.191 e. The van der Waals surface area contributed by atoms with E-state index in [2.05, 4.69) is 13.5 Å². The lowest BCUT2D eigenvalue weighted by molar-refractivity contribution is -0.265. The quantitative estimate of drug-likeness (QED) is 0.145. The van der Waals surface area contributed by atoms with Gasteiger partial charge in [-0.05, 0) is 12.8 Å². The molecule has 0 spiro atoms. The van der Waals surface area contributed by atoms with E-state index in [9.17, 15) is 22.0 Å². The Morgan fingerprint density at radius 3 is 1.24 bits per heavy atom. The highest BCUT2D eigenvalue weighted by Crippen LogP contribution is 2.42. The monoisotopic (exact) mass is 370 g/mol. The fourth-order valence-electron chi connectivity index (χ4n) is 2.89. The van der Waals surface area contributed by atoms with E-state index in [1.807, 2.05) is 0 Å². The van der Waals surface area contributed by atoms with Crippen LogP contribution in [0.4, 0.5) is 22.0 Å². The molecule has 0 amide bonds. The number of alkyl halides is 5. The second-order valence-corrected chi connectivity index (χ2v) is 7.02. The van der Waals surface area contributed by atoms with Crippen molar-refractivity contribution in [3.63, 3.8) is 0 Å². The molecule has 0 heterocycles. The molecule has 0 aromatic carbocycles. The molecule has 0 N–H and O–H groups in total. The van der Waals surface area contributed by atoms with E-state index < -0.39 is 17.7 Å². The van der Waals surface area contributed by atoms with Gasteiger partial charge in [0.1, 0.15) is 0 Å². The van der Waals surface area contributed by atoms with E-state index in [1.165, 1.54) is 57.8 Å². The number of halogens is 5. The second-order valence-electron chi connectivity index (χ2n) is 7.02. The fraction of sp³-hybridized carbons (Fsp3) is 0.900. The topological polar surface area (TPSA) is 0 Å². The van der Waals surface area contributed by atoms with Gasteiger partial charge in [0, 0.05) is 5.57 Å². The Kier molecular flexibility index (Phi) is 13.2. The van der Waals surface area contributed by atoms with Crippen LogP contribution in [0.1, 0.15) is 103 Å². The molecule has 0 rings (SSSR count). The highest BCUT2D eigenvalue weighted by molar-refractivity contribution is 5.10. The summed E-state index contributed by atoms with van der Waals surface area (Å²) in [5.74, 6) is -4.76. The van der Waals surface area contributed by atoms with Crippen LogP contribution in [0.5, 0.6) is 0 Å². The van der Waals surface area contributed by atoms with Crippen molar-refractivity contribution in [1.82, 2.24) is 0 Å². The molecule has 5 heteroatoms. The zero-order chi connectivity index (χ0) is 19.2. The molecular formula is C20H35F5. The van der Waals surface area contributed by atoms with E-state index in [0.717, 1.165) is 19.3 Å². The molecule has 0 aliphatic heterocycles. The standard InChI is InChI=1S/C20H35F5/c1-3-4-5-6-7-8-9-10-11-12-13-14-15-16-17-18(2)19(21,22)20(23,24)25/h2-17H2,1H3. The summed E-state index contributed by atoms with van der Waals surface area (Å²) in [6.07, 6.45) is 9.91. The third-order valence-corrected chi connectivity index (χ3v) is 4.63. The molecule has 0 radical (unpaired) electrons. The van der Waals surface area contributed by atoms with E-state index in [4.69, 9.17) is 0 Å². The molecule has 0 saturated carbocycles. The second kappa shape index (κ2) is 13.6. The molecule has 0 saturated heterocycles. The van der Waals surface area contributed by atoms with Gasteiger partial charge in [0.25, 0.3) is 0 Å². The first-order chi connectivity index (χ1) is 11.7. The van der Waals surface area contributed by atoms with Crippen LogP contribution in [-0.4, -0.2) is 12.1 Å². The summed E-state index contributed by atoms with van der Waals surface area (Å²) < 4.78 is 62.4. The molecule has 0 nitrogen and oxygen atoms in total. The summed E-state index contributed by atoms with van der Waals surface area (Å²) >= 11 is 0. The Balaban J connectivity index is 3.41. The van der Waals surface area contributed by atoms with Crippen molar-refractivity contribution in [2.45, 2.75) is 115 Å². The van der Waals surface area contributed by atoms with Crippen molar-refractivity contribution in [2.75, 3.05) is 0 Å². The maximum atomic E-state index is 13.0. The Hall–Kier alpha value is -0.610. The summed E-state index contributed by atoms with van der Waals surface area (Å²) in [6.45, 7) is 5.14. The van der Waals surface area contributed by atoms with Crippen molar-refractivity contribution in [2.24, 2.45) is 0 Å². The molecule has 0 fully saturated rings. The van der Waals surface area contributed by atoms with Crippen molar-refractivity contribution >= 4 is 0 Å². The van der Waals surface area contributed by atoms with Crippen LogP contribution >= 0.6 is 0 Å². The molecule has 0 bridgehead atoms. The van der Waals surface area contributed by atoms with Gasteiger partial charge < -0.3 is 0 Å². The van der Waals surface area contributed by atoms with E-state index in [1.54, 1.807) is 0 Å². The number of hydrogen-bond acceptors (Lipinski definition) is 0. The zero-order valence-electron chi connectivity index (χ0n) is 15.7. The Morgan fingerprint density at radius 1 is 0.600 bits per heavy atom. The SMILES string of the molecule is C=C(CCCCCCCCCCCCCCCC)C(F)(F)C(F)(F)F. The average Bonchev–Trinajstić information content (AvgIpc) is 2.53. The number of hydrogen-bond donors (Lipinski definition) is 0. The molecule has 0 aliphatic carbocycles. The maximum absolute atomic E-state index is 13.0. The van der Waals surface area contributed by atoms with Gasteiger partial charge in [-0.3, -0.25) is 0 Å². The number of allylic oxidation sites excluding steroid dienone is 1. The van der Waals surface area contributed by atoms with Gasteiger partial charge in [0.05, 0.1) is 0 Å². The van der Waals surface area contributed by atoms with Gasteiger partial charge in [-0.25, -0.2) is 0 Å². The largest absolute Gasteiger partial charge is 0.457 e. The van der Waals surface area contributed by atoms with Gasteiger partial charge in [-0.15, -0.1) is 0 Å². The van der Waals surface area contributed by atoms with Crippen LogP contribution in [0.25, 0.3) is 0 Å². The normalized spacial score (nSPS) is 12.6. The first-order valence-corrected chi connectivity index (χ1v) is 9.86. The van der Waals surface area contributed by atoms with Crippen molar-refractivity contribution in [3.05, 3.63) is 12.2 Å². The van der Waals surface area contributed by atoms with Gasteiger partial charge >= 0.3 is 12.1 Å². The van der Waals surface area contributed by atoms with Gasteiger partial charge in [-0.1, -0.05) is 97.0 Å². The Morgan fingerprint density at radius 2 is 0.920 bits per heavy atom. The molecule has 0 unspecified atom stereocenters. The summed E-state index contributed by atoms with van der Waals surface area (Å²) in [7, 11) is 0. The average molecular weight is 370 g/mol.